The van der Waals surface area contributed by atoms with Gasteiger partial charge in [-0.2, -0.15) is 0 Å². The van der Waals surface area contributed by atoms with Gasteiger partial charge in [0.25, 0.3) is 0 Å². The quantitative estimate of drug-likeness (QED) is 0.848. The molecule has 0 bridgehead atoms. The zero-order chi connectivity index (χ0) is 10.8. The van der Waals surface area contributed by atoms with Crippen LogP contribution in [0.3, 0.4) is 0 Å². The first-order chi connectivity index (χ1) is 7.15. The Morgan fingerprint density at radius 1 is 1.47 bits per heavy atom. The highest BCUT2D eigenvalue weighted by molar-refractivity contribution is 6.31. The summed E-state index contributed by atoms with van der Waals surface area (Å²) in [6.45, 7) is 0.348. The van der Waals surface area contributed by atoms with Gasteiger partial charge in [0.2, 0.25) is 5.95 Å². The number of nitrogens with zero attached hydrogens (tertiary/aromatic N) is 3. The average molecular weight is 227 g/mol. The molecule has 1 aromatic heterocycles. The molecule has 0 atom stereocenters. The Kier molecular flexibility index (Phi) is 2.55. The molecule has 4 nitrogen and oxygen atoms in total. The van der Waals surface area contributed by atoms with Crippen molar-refractivity contribution in [3.05, 3.63) is 40.9 Å². The van der Waals surface area contributed by atoms with Crippen molar-refractivity contribution < 1.29 is 4.39 Å². The molecule has 0 saturated heterocycles. The van der Waals surface area contributed by atoms with Crippen LogP contribution in [0, 0.1) is 5.82 Å². The number of rotatable bonds is 2. The van der Waals surface area contributed by atoms with Crippen molar-refractivity contribution in [3.8, 4) is 0 Å². The van der Waals surface area contributed by atoms with Gasteiger partial charge in [-0.1, -0.05) is 11.6 Å². The molecule has 0 spiro atoms. The van der Waals surface area contributed by atoms with Crippen molar-refractivity contribution in [3.63, 3.8) is 0 Å². The van der Waals surface area contributed by atoms with Gasteiger partial charge >= 0.3 is 0 Å². The number of anilines is 1. The predicted molar refractivity (Wildman–Crippen MR) is 54.9 cm³/mol. The molecule has 0 saturated carbocycles. The molecule has 0 aliphatic rings. The van der Waals surface area contributed by atoms with E-state index in [-0.39, 0.29) is 11.8 Å². The van der Waals surface area contributed by atoms with Crippen LogP contribution in [0.5, 0.6) is 0 Å². The van der Waals surface area contributed by atoms with Gasteiger partial charge in [0.1, 0.15) is 12.1 Å². The third-order valence-corrected chi connectivity index (χ3v) is 2.26. The molecule has 15 heavy (non-hydrogen) atoms. The summed E-state index contributed by atoms with van der Waals surface area (Å²) in [6, 6.07) is 4.17. The molecule has 0 aliphatic heterocycles. The monoisotopic (exact) mass is 226 g/mol. The van der Waals surface area contributed by atoms with Crippen LogP contribution in [-0.2, 0) is 6.54 Å². The number of hydrogen-bond acceptors (Lipinski definition) is 3. The van der Waals surface area contributed by atoms with Crippen molar-refractivity contribution in [1.82, 2.24) is 14.8 Å². The minimum absolute atomic E-state index is 0.183. The molecular formula is C9H8ClFN4. The Bertz CT molecular complexity index is 483. The molecule has 0 radical (unpaired) electrons. The Morgan fingerprint density at radius 2 is 2.27 bits per heavy atom. The first kappa shape index (κ1) is 9.92. The molecule has 2 N–H and O–H groups in total. The van der Waals surface area contributed by atoms with Crippen molar-refractivity contribution in [2.45, 2.75) is 6.54 Å². The van der Waals surface area contributed by atoms with E-state index in [1.807, 2.05) is 0 Å². The maximum absolute atomic E-state index is 12.9. The van der Waals surface area contributed by atoms with E-state index >= 15 is 0 Å². The third-order valence-electron chi connectivity index (χ3n) is 1.89. The molecule has 6 heteroatoms. The van der Waals surface area contributed by atoms with E-state index in [2.05, 4.69) is 10.1 Å². The Morgan fingerprint density at radius 3 is 2.93 bits per heavy atom. The smallest absolute Gasteiger partial charge is 0.239 e. The molecular weight excluding hydrogens is 219 g/mol. The average Bonchev–Trinajstić information content (AvgIpc) is 2.58. The van der Waals surface area contributed by atoms with E-state index < -0.39 is 0 Å². The summed E-state index contributed by atoms with van der Waals surface area (Å²) < 4.78 is 14.4. The summed E-state index contributed by atoms with van der Waals surface area (Å²) in [5.74, 6) is -0.148. The molecule has 78 valence electrons. The lowest BCUT2D eigenvalue weighted by molar-refractivity contribution is 0.619. The highest BCUT2D eigenvalue weighted by atomic mass is 35.5. The van der Waals surface area contributed by atoms with Gasteiger partial charge in [-0.25, -0.2) is 14.1 Å². The van der Waals surface area contributed by atoms with Crippen LogP contribution in [0.1, 0.15) is 5.56 Å². The zero-order valence-electron chi connectivity index (χ0n) is 7.69. The van der Waals surface area contributed by atoms with Crippen LogP contribution in [0.25, 0.3) is 0 Å². The fourth-order valence-corrected chi connectivity index (χ4v) is 1.40. The van der Waals surface area contributed by atoms with Crippen molar-refractivity contribution in [2.24, 2.45) is 0 Å². The van der Waals surface area contributed by atoms with Gasteiger partial charge in [-0.05, 0) is 23.8 Å². The lowest BCUT2D eigenvalue weighted by atomic mass is 10.2. The minimum atomic E-state index is -0.331. The number of aromatic nitrogens is 3. The summed E-state index contributed by atoms with van der Waals surface area (Å²) in [7, 11) is 0. The Hall–Kier alpha value is -1.62. The molecule has 0 amide bonds. The topological polar surface area (TPSA) is 56.7 Å². The van der Waals surface area contributed by atoms with Crippen LogP contribution < -0.4 is 5.73 Å². The summed E-state index contributed by atoms with van der Waals surface area (Å²) >= 11 is 5.89. The fraction of sp³-hybridized carbons (Fsp3) is 0.111. The standard InChI is InChI=1S/C9H8ClFN4/c10-8-2-1-7(11)3-6(8)4-15-5-13-9(12)14-15/h1-3,5H,4H2,(H2,12,14). The van der Waals surface area contributed by atoms with Gasteiger partial charge in [-0.3, -0.25) is 0 Å². The van der Waals surface area contributed by atoms with Crippen LogP contribution >= 0.6 is 11.6 Å². The van der Waals surface area contributed by atoms with E-state index in [4.69, 9.17) is 17.3 Å². The van der Waals surface area contributed by atoms with Crippen LogP contribution in [0.15, 0.2) is 24.5 Å². The summed E-state index contributed by atoms with van der Waals surface area (Å²) in [4.78, 5) is 3.76. The molecule has 2 rings (SSSR count). The molecule has 1 aromatic carbocycles. The van der Waals surface area contributed by atoms with Gasteiger partial charge in [-0.15, -0.1) is 5.10 Å². The lowest BCUT2D eigenvalue weighted by Gasteiger charge is -2.03. The second-order valence-corrected chi connectivity index (χ2v) is 3.44. The Balaban J connectivity index is 2.27. The van der Waals surface area contributed by atoms with Crippen molar-refractivity contribution in [1.29, 1.82) is 0 Å². The maximum Gasteiger partial charge on any atom is 0.239 e. The van der Waals surface area contributed by atoms with Gasteiger partial charge in [0.15, 0.2) is 0 Å². The third kappa shape index (κ3) is 2.24. The highest BCUT2D eigenvalue weighted by Gasteiger charge is 2.04. The second kappa shape index (κ2) is 3.86. The van der Waals surface area contributed by atoms with Crippen LogP contribution in [-0.4, -0.2) is 14.8 Å². The van der Waals surface area contributed by atoms with Gasteiger partial charge in [0, 0.05) is 5.02 Å². The molecule has 0 fully saturated rings. The number of hydrogen-bond donors (Lipinski definition) is 1. The summed E-state index contributed by atoms with van der Waals surface area (Å²) in [5, 5.41) is 4.37. The molecule has 1 heterocycles. The van der Waals surface area contributed by atoms with E-state index in [0.29, 0.717) is 17.1 Å². The predicted octanol–water partition coefficient (Wildman–Crippen LogP) is 1.70. The van der Waals surface area contributed by atoms with E-state index in [1.54, 1.807) is 0 Å². The maximum atomic E-state index is 12.9. The summed E-state index contributed by atoms with van der Waals surface area (Å²) in [6.07, 6.45) is 1.47. The largest absolute Gasteiger partial charge is 0.367 e. The first-order valence-corrected chi connectivity index (χ1v) is 4.62. The van der Waals surface area contributed by atoms with Gasteiger partial charge in [0.05, 0.1) is 6.54 Å². The van der Waals surface area contributed by atoms with Gasteiger partial charge < -0.3 is 5.73 Å². The lowest BCUT2D eigenvalue weighted by Crippen LogP contribution is -2.02. The SMILES string of the molecule is Nc1ncn(Cc2cc(F)ccc2Cl)n1. The summed E-state index contributed by atoms with van der Waals surface area (Å²) in [5.41, 5.74) is 5.99. The van der Waals surface area contributed by atoms with E-state index in [1.165, 1.54) is 29.2 Å². The molecule has 0 unspecified atom stereocenters. The van der Waals surface area contributed by atoms with Crippen LogP contribution in [0.4, 0.5) is 10.3 Å². The number of benzene rings is 1. The highest BCUT2D eigenvalue weighted by Crippen LogP contribution is 2.17. The minimum Gasteiger partial charge on any atom is -0.367 e. The number of nitrogens with two attached hydrogens (primary N) is 1. The molecule has 2 aromatic rings. The second-order valence-electron chi connectivity index (χ2n) is 3.04. The fourth-order valence-electron chi connectivity index (χ4n) is 1.22. The zero-order valence-corrected chi connectivity index (χ0v) is 8.45. The van der Waals surface area contributed by atoms with Crippen molar-refractivity contribution >= 4 is 17.5 Å². The van der Waals surface area contributed by atoms with Crippen LogP contribution in [0.2, 0.25) is 5.02 Å². The molecule has 0 aliphatic carbocycles. The van der Waals surface area contributed by atoms with Crippen molar-refractivity contribution in [2.75, 3.05) is 5.73 Å². The van der Waals surface area contributed by atoms with E-state index in [9.17, 15) is 4.39 Å². The number of halogens is 2. The normalized spacial score (nSPS) is 10.5. The van der Waals surface area contributed by atoms with E-state index in [0.717, 1.165) is 0 Å². The Labute approximate surface area is 90.5 Å². The first-order valence-electron chi connectivity index (χ1n) is 4.24. The number of nitrogen functional groups attached to an aromatic ring is 1.